The zero-order valence-corrected chi connectivity index (χ0v) is 16.2. The Balaban J connectivity index is 2.17. The molecule has 0 bridgehead atoms. The van der Waals surface area contributed by atoms with Gasteiger partial charge in [0.1, 0.15) is 0 Å². The van der Waals surface area contributed by atoms with Gasteiger partial charge < -0.3 is 0 Å². The van der Waals surface area contributed by atoms with Crippen LogP contribution in [0.15, 0.2) is 0 Å². The van der Waals surface area contributed by atoms with Crippen LogP contribution in [-0.2, 0) is 0 Å². The second-order valence-corrected chi connectivity index (χ2v) is 26.4. The second kappa shape index (κ2) is 3.35. The highest BCUT2D eigenvalue weighted by molar-refractivity contribution is 9.52. The van der Waals surface area contributed by atoms with E-state index < -0.39 is 0 Å². The zero-order valence-electron chi connectivity index (χ0n) is 8.08. The Hall–Kier alpha value is 2.46. The summed E-state index contributed by atoms with van der Waals surface area (Å²) in [6, 6.07) is 0. The van der Waals surface area contributed by atoms with Gasteiger partial charge in [-0.2, -0.15) is 0 Å². The molecule has 7 rings (SSSR count). The van der Waals surface area contributed by atoms with Gasteiger partial charge in [-0.3, -0.25) is 0 Å². The molecule has 18 heavy (non-hydrogen) atoms. The third-order valence-electron chi connectivity index (χ3n) is 3.25. The van der Waals surface area contributed by atoms with Gasteiger partial charge in [0.2, 0.25) is 0 Å². The summed E-state index contributed by atoms with van der Waals surface area (Å²) in [6.45, 7) is 0. The first-order valence-corrected chi connectivity index (χ1v) is 18.9. The Morgan fingerprint density at radius 3 is 1.67 bits per heavy atom. The lowest BCUT2D eigenvalue weighted by Crippen LogP contribution is -2.16. The van der Waals surface area contributed by atoms with Crippen LogP contribution in [0.5, 0.6) is 0 Å². The minimum Gasteiger partial charge on any atom is -0.0500 e. The normalized spacial score (nSPS) is 42.0. The van der Waals surface area contributed by atoms with Crippen molar-refractivity contribution in [3.63, 3.8) is 0 Å². The Bertz CT molecular complexity index is 850. The quantitative estimate of drug-likeness (QED) is 0.390. The van der Waals surface area contributed by atoms with Crippen LogP contribution in [0.1, 0.15) is 0 Å². The Morgan fingerprint density at radius 1 is 0.500 bits per heavy atom. The molecule has 0 aliphatic carbocycles. The fraction of sp³-hybridized carbons (Fsp3) is 0. The lowest BCUT2D eigenvalue weighted by Gasteiger charge is -2.09. The molecular weight excluding hydrogens is 417 g/mol. The van der Waals surface area contributed by atoms with Crippen LogP contribution in [0.4, 0.5) is 0 Å². The van der Waals surface area contributed by atoms with Crippen molar-refractivity contribution in [2.24, 2.45) is 0 Å². The molecule has 0 amide bonds. The average Bonchev–Trinajstić information content (AvgIpc) is 3.05. The van der Waals surface area contributed by atoms with Crippen molar-refractivity contribution in [1.82, 2.24) is 0 Å². The summed E-state index contributed by atoms with van der Waals surface area (Å²) in [5, 5.41) is 3.48. The summed E-state index contributed by atoms with van der Waals surface area (Å²) in [5.74, 6) is 0. The highest BCUT2D eigenvalue weighted by Gasteiger charge is 2.39. The van der Waals surface area contributed by atoms with Gasteiger partial charge >= 0.3 is 0 Å². The Labute approximate surface area is 132 Å². The molecule has 6 aliphatic heterocycles. The van der Waals surface area contributed by atoms with Crippen LogP contribution >= 0.6 is 97.0 Å². The van der Waals surface area contributed by atoms with Crippen LogP contribution in [0.3, 0.4) is 0 Å². The van der Waals surface area contributed by atoms with E-state index in [-0.39, 0.29) is 0 Å². The van der Waals surface area contributed by atoms with Gasteiger partial charge in [-0.25, -0.2) is 0 Å². The highest BCUT2D eigenvalue weighted by Crippen LogP contribution is 2.81. The minimum atomic E-state index is 0.424. The second-order valence-electron chi connectivity index (χ2n) is 4.05. The SMILES string of the molecule is S1C2=c3c4c5c6c7c3=S(S2)SS=7SS=6SC=5SS=41. The molecule has 0 saturated heterocycles. The maximum atomic E-state index is 2.28. The van der Waals surface area contributed by atoms with Crippen LogP contribution < -0.4 is 10.4 Å². The Morgan fingerprint density at radius 2 is 1.06 bits per heavy atom. The zero-order chi connectivity index (χ0) is 11.2. The lowest BCUT2D eigenvalue weighted by molar-refractivity contribution is 1.45. The van der Waals surface area contributed by atoms with Gasteiger partial charge in [0, 0.05) is 28.5 Å². The van der Waals surface area contributed by atoms with Crippen LogP contribution in [0.2, 0.25) is 0 Å². The molecule has 0 spiro atoms. The third kappa shape index (κ3) is 1.02. The maximum Gasteiger partial charge on any atom is 0.0722 e. The number of hydrogen-bond acceptors (Lipinski definition) is 6. The molecule has 10 heteroatoms. The van der Waals surface area contributed by atoms with Gasteiger partial charge in [0.25, 0.3) is 0 Å². The van der Waals surface area contributed by atoms with Crippen molar-refractivity contribution in [3.05, 3.63) is 28.5 Å². The van der Waals surface area contributed by atoms with Crippen molar-refractivity contribution in [1.29, 1.82) is 0 Å². The van der Waals surface area contributed by atoms with Gasteiger partial charge in [-0.1, -0.05) is 0 Å². The minimum absolute atomic E-state index is 0.424. The standard InChI is InChI=1S/C8S10/c9-7-1-3-2-5-6-4(1)16(11-7)13-18(6)14-17(5)12-8(2)10-15(3)9. The molecular formula is C8S10. The predicted molar refractivity (Wildman–Crippen MR) is 104 cm³/mol. The molecule has 0 fully saturated rings. The van der Waals surface area contributed by atoms with E-state index in [1.807, 2.05) is 13.5 Å². The van der Waals surface area contributed by atoms with Crippen LogP contribution in [0, 0.1) is 18.0 Å². The van der Waals surface area contributed by atoms with Crippen molar-refractivity contribution < 1.29 is 0 Å². The molecule has 1 aromatic carbocycles. The average molecular weight is 417 g/mol. The smallest absolute Gasteiger partial charge is 0.0500 e. The van der Waals surface area contributed by atoms with E-state index in [0.717, 1.165) is 0 Å². The van der Waals surface area contributed by atoms with Crippen LogP contribution in [-0.4, -0.2) is 0 Å². The van der Waals surface area contributed by atoms with Gasteiger partial charge in [-0.05, 0) is 97.0 Å². The molecule has 1 aromatic rings. The van der Waals surface area contributed by atoms with E-state index in [1.165, 1.54) is 0 Å². The number of hydrogen-bond donors (Lipinski definition) is 0. The summed E-state index contributed by atoms with van der Waals surface area (Å²) in [4.78, 5) is 0. The summed E-state index contributed by atoms with van der Waals surface area (Å²) in [7, 11) is 15.2. The first kappa shape index (κ1) is 11.1. The van der Waals surface area contributed by atoms with Gasteiger partial charge in [-0.15, -0.1) is 0 Å². The number of rotatable bonds is 0. The molecule has 92 valence electrons. The van der Waals surface area contributed by atoms with E-state index >= 15 is 0 Å². The molecule has 0 nitrogen and oxygen atoms in total. The summed E-state index contributed by atoms with van der Waals surface area (Å²) in [6.07, 6.45) is 0. The molecule has 0 radical (unpaired) electrons. The van der Waals surface area contributed by atoms with Crippen molar-refractivity contribution >= 4 is 105 Å². The first-order chi connectivity index (χ1) is 8.90. The molecule has 2 unspecified atom stereocenters. The monoisotopic (exact) mass is 416 g/mol. The largest absolute Gasteiger partial charge is 0.0722 e. The van der Waals surface area contributed by atoms with Crippen molar-refractivity contribution in [3.8, 4) is 0 Å². The van der Waals surface area contributed by atoms with E-state index in [1.54, 1.807) is 23.4 Å². The third-order valence-corrected chi connectivity index (χ3v) is 33.5. The summed E-state index contributed by atoms with van der Waals surface area (Å²) in [5.41, 5.74) is 0. The van der Waals surface area contributed by atoms with E-state index in [2.05, 4.69) is 62.8 Å². The fourth-order valence-corrected chi connectivity index (χ4v) is 46.2. The van der Waals surface area contributed by atoms with E-state index in [9.17, 15) is 0 Å². The molecule has 0 saturated carbocycles. The maximum absolute atomic E-state index is 2.28. The van der Waals surface area contributed by atoms with Crippen LogP contribution in [0.25, 0.3) is 8.47 Å². The highest BCUT2D eigenvalue weighted by atomic mass is 33.9. The number of benzene rings is 1. The fourth-order valence-electron chi connectivity index (χ4n) is 2.61. The molecule has 0 N–H and O–H groups in total. The topological polar surface area (TPSA) is 0 Å². The summed E-state index contributed by atoms with van der Waals surface area (Å²) < 4.78 is 10.6. The van der Waals surface area contributed by atoms with Crippen molar-refractivity contribution in [2.75, 3.05) is 0 Å². The molecule has 0 aromatic heterocycles. The molecule has 2 atom stereocenters. The lowest BCUT2D eigenvalue weighted by atomic mass is 10.3. The van der Waals surface area contributed by atoms with Crippen molar-refractivity contribution in [2.45, 2.75) is 0 Å². The summed E-state index contributed by atoms with van der Waals surface area (Å²) >= 11 is 0. The van der Waals surface area contributed by atoms with Gasteiger partial charge in [0.15, 0.2) is 0 Å². The van der Waals surface area contributed by atoms with E-state index in [4.69, 9.17) is 0 Å². The molecule has 6 aliphatic rings. The molecule has 6 heterocycles. The van der Waals surface area contributed by atoms with Gasteiger partial charge in [0.05, 0.1) is 8.47 Å². The Kier molecular flexibility index (Phi) is 2.06. The first-order valence-electron chi connectivity index (χ1n) is 4.97. The van der Waals surface area contributed by atoms with E-state index in [0.29, 0.717) is 34.2 Å². The predicted octanol–water partition coefficient (Wildman–Crippen LogP) is 5.70.